The smallest absolute Gasteiger partial charge is 0.220 e. The highest BCUT2D eigenvalue weighted by Gasteiger charge is 2.26. The highest BCUT2D eigenvalue weighted by Crippen LogP contribution is 2.26. The van der Waals surface area contributed by atoms with Crippen molar-refractivity contribution in [2.24, 2.45) is 0 Å². The molecule has 1 aromatic heterocycles. The minimum absolute atomic E-state index is 0.0239. The number of halogens is 1. The Hall–Kier alpha value is -3.22. The van der Waals surface area contributed by atoms with Crippen LogP contribution in [0.5, 0.6) is 5.75 Å². The van der Waals surface area contributed by atoms with Gasteiger partial charge in [0.05, 0.1) is 0 Å². The molecule has 2 heterocycles. The van der Waals surface area contributed by atoms with Crippen molar-refractivity contribution >= 4 is 5.91 Å². The molecule has 0 bridgehead atoms. The van der Waals surface area contributed by atoms with E-state index in [2.05, 4.69) is 15.4 Å². The summed E-state index contributed by atoms with van der Waals surface area (Å²) in [7, 11) is 0. The number of nitrogens with one attached hydrogen (secondary N) is 1. The minimum atomic E-state index is -0.376. The van der Waals surface area contributed by atoms with Crippen LogP contribution in [0.3, 0.4) is 0 Å². The van der Waals surface area contributed by atoms with Crippen LogP contribution in [0.25, 0.3) is 5.69 Å². The average molecular weight is 366 g/mol. The number of para-hydroxylation sites is 2. The Morgan fingerprint density at radius 2 is 1.93 bits per heavy atom. The lowest BCUT2D eigenvalue weighted by Gasteiger charge is -2.22. The van der Waals surface area contributed by atoms with Crippen LogP contribution in [0.15, 0.2) is 54.6 Å². The monoisotopic (exact) mass is 366 g/mol. The lowest BCUT2D eigenvalue weighted by Crippen LogP contribution is -2.34. The number of piperidine rings is 1. The average Bonchev–Trinajstić information content (AvgIpc) is 3.12. The number of rotatable bonds is 5. The standard InChI is InChI=1S/C20H19FN4O2/c21-16-8-4-5-9-17(16)25-20(14-10-11-19(26)22-12-14)23-18(24-25)13-27-15-6-2-1-3-7-15/h1-9,14H,10-13H2,(H,22,26)/t14-/m0/s1. The maximum atomic E-state index is 14.4. The van der Waals surface area contributed by atoms with E-state index >= 15 is 0 Å². The summed E-state index contributed by atoms with van der Waals surface area (Å²) < 4.78 is 21.6. The maximum absolute atomic E-state index is 14.4. The summed E-state index contributed by atoms with van der Waals surface area (Å²) >= 11 is 0. The highest BCUT2D eigenvalue weighted by atomic mass is 19.1. The van der Waals surface area contributed by atoms with Gasteiger partial charge in [0.15, 0.2) is 5.82 Å². The first-order valence-corrected chi connectivity index (χ1v) is 8.86. The number of carbonyl (C=O) groups excluding carboxylic acids is 1. The number of ether oxygens (including phenoxy) is 1. The molecule has 3 aromatic rings. The summed E-state index contributed by atoms with van der Waals surface area (Å²) in [5.74, 6) is 1.43. The fourth-order valence-corrected chi connectivity index (χ4v) is 3.11. The molecule has 6 nitrogen and oxygen atoms in total. The molecule has 27 heavy (non-hydrogen) atoms. The third-order valence-electron chi connectivity index (χ3n) is 4.50. The Kier molecular flexibility index (Phi) is 4.82. The van der Waals surface area contributed by atoms with Crippen LogP contribution >= 0.6 is 0 Å². The minimum Gasteiger partial charge on any atom is -0.486 e. The highest BCUT2D eigenvalue weighted by molar-refractivity contribution is 5.76. The van der Waals surface area contributed by atoms with E-state index < -0.39 is 0 Å². The van der Waals surface area contributed by atoms with Gasteiger partial charge in [0.25, 0.3) is 0 Å². The molecule has 2 aromatic carbocycles. The zero-order valence-corrected chi connectivity index (χ0v) is 14.6. The summed E-state index contributed by atoms with van der Waals surface area (Å²) in [5.41, 5.74) is 0.336. The molecule has 0 unspecified atom stereocenters. The van der Waals surface area contributed by atoms with Crippen LogP contribution in [0.2, 0.25) is 0 Å². The second-order valence-electron chi connectivity index (χ2n) is 6.39. The molecule has 7 heteroatoms. The third kappa shape index (κ3) is 3.81. The Labute approximate surface area is 156 Å². The van der Waals surface area contributed by atoms with Crippen molar-refractivity contribution in [2.45, 2.75) is 25.4 Å². The third-order valence-corrected chi connectivity index (χ3v) is 4.50. The van der Waals surface area contributed by atoms with Crippen LogP contribution in [0, 0.1) is 5.82 Å². The van der Waals surface area contributed by atoms with Gasteiger partial charge in [-0.3, -0.25) is 4.79 Å². The first-order valence-electron chi connectivity index (χ1n) is 8.86. The summed E-state index contributed by atoms with van der Waals surface area (Å²) in [6, 6.07) is 15.8. The van der Waals surface area contributed by atoms with Gasteiger partial charge in [-0.05, 0) is 30.7 Å². The Bertz CT molecular complexity index is 932. The largest absolute Gasteiger partial charge is 0.486 e. The van der Waals surface area contributed by atoms with Gasteiger partial charge in [-0.25, -0.2) is 14.1 Å². The topological polar surface area (TPSA) is 69.0 Å². The zero-order chi connectivity index (χ0) is 18.6. The Morgan fingerprint density at radius 1 is 1.15 bits per heavy atom. The second-order valence-corrected chi connectivity index (χ2v) is 6.39. The molecule has 4 rings (SSSR count). The maximum Gasteiger partial charge on any atom is 0.220 e. The van der Waals surface area contributed by atoms with Crippen molar-refractivity contribution in [3.05, 3.63) is 72.1 Å². The first-order chi connectivity index (χ1) is 13.2. The van der Waals surface area contributed by atoms with Crippen LogP contribution in [-0.4, -0.2) is 27.2 Å². The van der Waals surface area contributed by atoms with Crippen molar-refractivity contribution in [1.29, 1.82) is 0 Å². The van der Waals surface area contributed by atoms with Crippen molar-refractivity contribution in [3.8, 4) is 11.4 Å². The van der Waals surface area contributed by atoms with Crippen molar-refractivity contribution in [3.63, 3.8) is 0 Å². The molecule has 1 atom stereocenters. The number of benzene rings is 2. The zero-order valence-electron chi connectivity index (χ0n) is 14.6. The van der Waals surface area contributed by atoms with Crippen LogP contribution in [0.4, 0.5) is 4.39 Å². The van der Waals surface area contributed by atoms with E-state index in [4.69, 9.17) is 4.74 Å². The number of carbonyl (C=O) groups is 1. The number of hydrogen-bond acceptors (Lipinski definition) is 4. The van der Waals surface area contributed by atoms with Crippen molar-refractivity contribution < 1.29 is 13.9 Å². The number of hydrogen-bond donors (Lipinski definition) is 1. The summed E-state index contributed by atoms with van der Waals surface area (Å²) in [6.07, 6.45) is 1.07. The molecule has 1 N–H and O–H groups in total. The molecule has 1 saturated heterocycles. The molecule has 0 saturated carbocycles. The molecule has 1 fully saturated rings. The van der Waals surface area contributed by atoms with Gasteiger partial charge in [-0.15, -0.1) is 5.10 Å². The lowest BCUT2D eigenvalue weighted by molar-refractivity contribution is -0.122. The predicted octanol–water partition coefficient (Wildman–Crippen LogP) is 2.98. The van der Waals surface area contributed by atoms with E-state index in [1.807, 2.05) is 30.3 Å². The van der Waals surface area contributed by atoms with Crippen LogP contribution < -0.4 is 10.1 Å². The van der Waals surface area contributed by atoms with E-state index in [0.29, 0.717) is 42.5 Å². The van der Waals surface area contributed by atoms with Gasteiger partial charge >= 0.3 is 0 Å². The first kappa shape index (κ1) is 17.2. The summed E-state index contributed by atoms with van der Waals surface area (Å²) in [5, 5.41) is 7.32. The van der Waals surface area contributed by atoms with Gasteiger partial charge < -0.3 is 10.1 Å². The fraction of sp³-hybridized carbons (Fsp3) is 0.250. The van der Waals surface area contributed by atoms with E-state index in [0.717, 1.165) is 0 Å². The molecule has 1 amide bonds. The molecule has 1 aliphatic rings. The second kappa shape index (κ2) is 7.57. The number of amides is 1. The van der Waals surface area contributed by atoms with Gasteiger partial charge in [-0.2, -0.15) is 0 Å². The van der Waals surface area contributed by atoms with E-state index in [9.17, 15) is 9.18 Å². The molecule has 1 aliphatic heterocycles. The quantitative estimate of drug-likeness (QED) is 0.754. The molecule has 0 spiro atoms. The SMILES string of the molecule is O=C1CC[C@H](c2nc(COc3ccccc3)nn2-c2ccccc2F)CN1. The normalized spacial score (nSPS) is 16.8. The summed E-state index contributed by atoms with van der Waals surface area (Å²) in [6.45, 7) is 0.641. The Balaban J connectivity index is 1.64. The van der Waals surface area contributed by atoms with Crippen LogP contribution in [0.1, 0.15) is 30.4 Å². The van der Waals surface area contributed by atoms with E-state index in [1.165, 1.54) is 10.7 Å². The van der Waals surface area contributed by atoms with Gasteiger partial charge in [-0.1, -0.05) is 30.3 Å². The molecular formula is C20H19FN4O2. The number of nitrogens with zero attached hydrogens (tertiary/aromatic N) is 3. The predicted molar refractivity (Wildman–Crippen MR) is 97.1 cm³/mol. The van der Waals surface area contributed by atoms with Gasteiger partial charge in [0.1, 0.15) is 29.7 Å². The Morgan fingerprint density at radius 3 is 2.67 bits per heavy atom. The number of aromatic nitrogens is 3. The lowest BCUT2D eigenvalue weighted by atomic mass is 9.98. The summed E-state index contributed by atoms with van der Waals surface area (Å²) in [4.78, 5) is 16.1. The van der Waals surface area contributed by atoms with Gasteiger partial charge in [0.2, 0.25) is 5.91 Å². The van der Waals surface area contributed by atoms with Crippen molar-refractivity contribution in [2.75, 3.05) is 6.54 Å². The molecule has 138 valence electrons. The van der Waals surface area contributed by atoms with E-state index in [1.54, 1.807) is 18.2 Å². The van der Waals surface area contributed by atoms with Crippen LogP contribution in [-0.2, 0) is 11.4 Å². The molecular weight excluding hydrogens is 347 g/mol. The molecule has 0 aliphatic carbocycles. The molecule has 0 radical (unpaired) electrons. The fourth-order valence-electron chi connectivity index (χ4n) is 3.11. The van der Waals surface area contributed by atoms with Gasteiger partial charge in [0, 0.05) is 18.9 Å². The van der Waals surface area contributed by atoms with Crippen molar-refractivity contribution in [1.82, 2.24) is 20.1 Å². The van der Waals surface area contributed by atoms with E-state index in [-0.39, 0.29) is 24.2 Å².